The van der Waals surface area contributed by atoms with Crippen LogP contribution in [0.25, 0.3) is 0 Å². The first-order valence-electron chi connectivity index (χ1n) is 5.53. The van der Waals surface area contributed by atoms with Gasteiger partial charge < -0.3 is 10.6 Å². The van der Waals surface area contributed by atoms with Crippen molar-refractivity contribution in [2.24, 2.45) is 0 Å². The van der Waals surface area contributed by atoms with E-state index in [2.05, 4.69) is 26.6 Å². The first-order valence-corrected chi connectivity index (χ1v) is 6.32. The molecule has 1 saturated heterocycles. The molecule has 3 nitrogen and oxygen atoms in total. The van der Waals surface area contributed by atoms with Gasteiger partial charge >= 0.3 is 0 Å². The fraction of sp³-hybridized carbons (Fsp3) is 0.417. The van der Waals surface area contributed by atoms with Crippen LogP contribution in [0, 0.1) is 0 Å². The minimum Gasteiger partial charge on any atom is -0.348 e. The third-order valence-electron chi connectivity index (χ3n) is 2.72. The molecule has 1 atom stereocenters. The largest absolute Gasteiger partial charge is 0.348 e. The van der Waals surface area contributed by atoms with Crippen LogP contribution in [-0.4, -0.2) is 25.0 Å². The van der Waals surface area contributed by atoms with Crippen molar-refractivity contribution in [2.45, 2.75) is 18.9 Å². The number of rotatable bonds is 2. The van der Waals surface area contributed by atoms with Crippen LogP contribution in [0.3, 0.4) is 0 Å². The van der Waals surface area contributed by atoms with E-state index >= 15 is 0 Å². The van der Waals surface area contributed by atoms with Gasteiger partial charge in [-0.2, -0.15) is 0 Å². The molecule has 0 aliphatic carbocycles. The lowest BCUT2D eigenvalue weighted by atomic mass is 10.1. The monoisotopic (exact) mass is 318 g/mol. The Balaban J connectivity index is 0.00000144. The summed E-state index contributed by atoms with van der Waals surface area (Å²) in [5, 5.41) is 6.32. The summed E-state index contributed by atoms with van der Waals surface area (Å²) in [6.45, 7) is 1.93. The zero-order chi connectivity index (χ0) is 11.4. The van der Waals surface area contributed by atoms with Gasteiger partial charge in [0.05, 0.1) is 0 Å². The quantitative estimate of drug-likeness (QED) is 0.878. The second-order valence-corrected chi connectivity index (χ2v) is 4.94. The van der Waals surface area contributed by atoms with Gasteiger partial charge in [-0.05, 0) is 37.6 Å². The predicted molar refractivity (Wildman–Crippen MR) is 74.7 cm³/mol. The highest BCUT2D eigenvalue weighted by molar-refractivity contribution is 9.10. The van der Waals surface area contributed by atoms with E-state index < -0.39 is 0 Å². The molecule has 0 bridgehead atoms. The van der Waals surface area contributed by atoms with Crippen molar-refractivity contribution in [3.63, 3.8) is 0 Å². The molecule has 1 aliphatic heterocycles. The van der Waals surface area contributed by atoms with Crippen molar-refractivity contribution < 1.29 is 4.79 Å². The van der Waals surface area contributed by atoms with Gasteiger partial charge in [0.1, 0.15) is 0 Å². The highest BCUT2D eigenvalue weighted by atomic mass is 79.9. The fourth-order valence-corrected chi connectivity index (χ4v) is 2.27. The number of benzene rings is 1. The Hall–Kier alpha value is -0.580. The number of amides is 1. The molecule has 0 spiro atoms. The minimum absolute atomic E-state index is 0. The molecule has 94 valence electrons. The number of hydrogen-bond acceptors (Lipinski definition) is 2. The summed E-state index contributed by atoms with van der Waals surface area (Å²) in [5.41, 5.74) is 0.708. The molecular weight excluding hydrogens is 304 g/mol. The lowest BCUT2D eigenvalue weighted by Gasteiger charge is -2.23. The van der Waals surface area contributed by atoms with Gasteiger partial charge in [-0.1, -0.05) is 22.0 Å². The molecule has 1 unspecified atom stereocenters. The summed E-state index contributed by atoms with van der Waals surface area (Å²) < 4.78 is 0.932. The maximum atomic E-state index is 11.9. The second-order valence-electron chi connectivity index (χ2n) is 4.03. The van der Waals surface area contributed by atoms with Crippen LogP contribution in [-0.2, 0) is 0 Å². The Morgan fingerprint density at radius 2 is 2.29 bits per heavy atom. The molecule has 17 heavy (non-hydrogen) atoms. The van der Waals surface area contributed by atoms with E-state index in [9.17, 15) is 4.79 Å². The zero-order valence-corrected chi connectivity index (χ0v) is 11.8. The Bertz CT molecular complexity index is 381. The van der Waals surface area contributed by atoms with E-state index in [1.165, 1.54) is 0 Å². The van der Waals surface area contributed by atoms with E-state index in [0.717, 1.165) is 30.4 Å². The van der Waals surface area contributed by atoms with Crippen LogP contribution < -0.4 is 10.6 Å². The van der Waals surface area contributed by atoms with Crippen molar-refractivity contribution in [2.75, 3.05) is 13.1 Å². The number of piperidine rings is 1. The van der Waals surface area contributed by atoms with Crippen molar-refractivity contribution in [3.8, 4) is 0 Å². The molecule has 0 radical (unpaired) electrons. The first-order chi connectivity index (χ1) is 7.75. The van der Waals surface area contributed by atoms with Gasteiger partial charge in [0.15, 0.2) is 0 Å². The molecule has 1 heterocycles. The van der Waals surface area contributed by atoms with Gasteiger partial charge in [0, 0.05) is 22.6 Å². The van der Waals surface area contributed by atoms with E-state index in [4.69, 9.17) is 0 Å². The van der Waals surface area contributed by atoms with Gasteiger partial charge in [-0.25, -0.2) is 0 Å². The second kappa shape index (κ2) is 6.99. The molecule has 1 aliphatic rings. The van der Waals surface area contributed by atoms with Gasteiger partial charge in [0.2, 0.25) is 0 Å². The van der Waals surface area contributed by atoms with E-state index in [-0.39, 0.29) is 24.4 Å². The molecule has 1 amide bonds. The van der Waals surface area contributed by atoms with Crippen molar-refractivity contribution in [1.29, 1.82) is 0 Å². The molecular formula is C12H16BrClN2O. The van der Waals surface area contributed by atoms with Crippen LogP contribution in [0.4, 0.5) is 0 Å². The number of hydrogen-bond donors (Lipinski definition) is 2. The highest BCUT2D eigenvalue weighted by Crippen LogP contribution is 2.12. The fourth-order valence-electron chi connectivity index (χ4n) is 1.87. The van der Waals surface area contributed by atoms with Crippen molar-refractivity contribution in [3.05, 3.63) is 34.3 Å². The Kier molecular flexibility index (Phi) is 5.95. The van der Waals surface area contributed by atoms with Crippen LogP contribution in [0.2, 0.25) is 0 Å². The number of halogens is 2. The van der Waals surface area contributed by atoms with E-state index in [1.54, 1.807) is 0 Å². The zero-order valence-electron chi connectivity index (χ0n) is 9.41. The minimum atomic E-state index is 0. The van der Waals surface area contributed by atoms with Gasteiger partial charge in [-0.3, -0.25) is 4.79 Å². The van der Waals surface area contributed by atoms with Crippen LogP contribution in [0.5, 0.6) is 0 Å². The summed E-state index contributed by atoms with van der Waals surface area (Å²) in [6.07, 6.45) is 2.19. The first kappa shape index (κ1) is 14.5. The van der Waals surface area contributed by atoms with Crippen molar-refractivity contribution >= 4 is 34.2 Å². The summed E-state index contributed by atoms with van der Waals surface area (Å²) in [4.78, 5) is 11.9. The van der Waals surface area contributed by atoms with Crippen LogP contribution in [0.1, 0.15) is 23.2 Å². The summed E-state index contributed by atoms with van der Waals surface area (Å²) >= 11 is 3.36. The SMILES string of the molecule is Cl.O=C(NC1CCCNC1)c1cccc(Br)c1. The third kappa shape index (κ3) is 4.30. The molecule has 2 N–H and O–H groups in total. The molecule has 2 rings (SSSR count). The van der Waals surface area contributed by atoms with E-state index in [1.807, 2.05) is 24.3 Å². The Labute approximate surface area is 116 Å². The smallest absolute Gasteiger partial charge is 0.251 e. The summed E-state index contributed by atoms with van der Waals surface area (Å²) in [6, 6.07) is 7.72. The van der Waals surface area contributed by atoms with Gasteiger partial charge in [0.25, 0.3) is 5.91 Å². The molecule has 1 aromatic rings. The summed E-state index contributed by atoms with van der Waals surface area (Å²) in [5.74, 6) is 0.00926. The normalized spacial score (nSPS) is 19.2. The summed E-state index contributed by atoms with van der Waals surface area (Å²) in [7, 11) is 0. The van der Waals surface area contributed by atoms with Crippen LogP contribution in [0.15, 0.2) is 28.7 Å². The average Bonchev–Trinajstić information content (AvgIpc) is 2.30. The average molecular weight is 320 g/mol. The lowest BCUT2D eigenvalue weighted by molar-refractivity contribution is 0.0930. The van der Waals surface area contributed by atoms with E-state index in [0.29, 0.717) is 5.56 Å². The third-order valence-corrected chi connectivity index (χ3v) is 3.21. The molecule has 1 aromatic carbocycles. The number of carbonyl (C=O) groups excluding carboxylic acids is 1. The molecule has 0 aromatic heterocycles. The standard InChI is InChI=1S/C12H15BrN2O.ClH/c13-10-4-1-3-9(7-10)12(16)15-11-5-2-6-14-8-11;/h1,3-4,7,11,14H,2,5-6,8H2,(H,15,16);1H. The highest BCUT2D eigenvalue weighted by Gasteiger charge is 2.16. The maximum absolute atomic E-state index is 11.9. The molecule has 0 saturated carbocycles. The molecule has 5 heteroatoms. The predicted octanol–water partition coefficient (Wildman–Crippen LogP) is 2.35. The number of nitrogens with one attached hydrogen (secondary N) is 2. The topological polar surface area (TPSA) is 41.1 Å². The number of carbonyl (C=O) groups is 1. The maximum Gasteiger partial charge on any atom is 0.251 e. The van der Waals surface area contributed by atoms with Crippen LogP contribution >= 0.6 is 28.3 Å². The van der Waals surface area contributed by atoms with Gasteiger partial charge in [-0.15, -0.1) is 12.4 Å². The molecule has 1 fully saturated rings. The Morgan fingerprint density at radius 1 is 1.47 bits per heavy atom. The Morgan fingerprint density at radius 3 is 2.94 bits per heavy atom. The van der Waals surface area contributed by atoms with Crippen molar-refractivity contribution in [1.82, 2.24) is 10.6 Å². The lowest BCUT2D eigenvalue weighted by Crippen LogP contribution is -2.45.